The molecule has 0 radical (unpaired) electrons. The van der Waals surface area contributed by atoms with E-state index in [9.17, 15) is 4.79 Å². The van der Waals surface area contributed by atoms with Gasteiger partial charge in [-0.3, -0.25) is 9.20 Å². The number of rotatable bonds is 2. The topological polar surface area (TPSA) is 43.6 Å². The lowest BCUT2D eigenvalue weighted by Gasteiger charge is -2.10. The zero-order valence-corrected chi connectivity index (χ0v) is 12.3. The lowest BCUT2D eigenvalue weighted by molar-refractivity contribution is 0.416. The first-order chi connectivity index (χ1) is 10.1. The number of pyridine rings is 1. The highest BCUT2D eigenvalue weighted by molar-refractivity contribution is 5.68. The number of hydrogen-bond acceptors (Lipinski definition) is 3. The quantitative estimate of drug-likeness (QED) is 0.725. The van der Waals surface area contributed by atoms with Crippen LogP contribution in [0.4, 0.5) is 0 Å². The fourth-order valence-corrected chi connectivity index (χ4v) is 2.58. The molecule has 0 amide bonds. The van der Waals surface area contributed by atoms with Crippen molar-refractivity contribution in [1.29, 1.82) is 0 Å². The smallest absolute Gasteiger partial charge is 0.258 e. The van der Waals surface area contributed by atoms with Crippen LogP contribution in [0.2, 0.25) is 0 Å². The van der Waals surface area contributed by atoms with Crippen LogP contribution in [0.1, 0.15) is 11.3 Å². The molecule has 3 rings (SSSR count). The molecular formula is C17H16N2O2. The summed E-state index contributed by atoms with van der Waals surface area (Å²) in [7, 11) is 1.61. The molecule has 2 heterocycles. The van der Waals surface area contributed by atoms with Gasteiger partial charge in [0.15, 0.2) is 0 Å². The van der Waals surface area contributed by atoms with Crippen molar-refractivity contribution >= 4 is 5.65 Å². The molecule has 0 aliphatic rings. The van der Waals surface area contributed by atoms with E-state index in [2.05, 4.69) is 4.98 Å². The van der Waals surface area contributed by atoms with Crippen molar-refractivity contribution in [3.8, 4) is 17.0 Å². The third-order valence-electron chi connectivity index (χ3n) is 3.47. The second-order valence-electron chi connectivity index (χ2n) is 5.05. The van der Waals surface area contributed by atoms with E-state index in [0.717, 1.165) is 16.8 Å². The molecule has 0 aliphatic heterocycles. The summed E-state index contributed by atoms with van der Waals surface area (Å²) >= 11 is 0. The van der Waals surface area contributed by atoms with E-state index < -0.39 is 0 Å². The van der Waals surface area contributed by atoms with Crippen molar-refractivity contribution in [2.75, 3.05) is 7.11 Å². The third-order valence-corrected chi connectivity index (χ3v) is 3.47. The number of benzene rings is 1. The fraction of sp³-hybridized carbons (Fsp3) is 0.176. The first-order valence-electron chi connectivity index (χ1n) is 6.74. The molecule has 0 unspecified atom stereocenters. The number of ether oxygens (including phenoxy) is 1. The van der Waals surface area contributed by atoms with Gasteiger partial charge in [-0.05, 0) is 43.7 Å². The van der Waals surface area contributed by atoms with Crippen molar-refractivity contribution < 1.29 is 4.74 Å². The Hall–Kier alpha value is -2.62. The number of methoxy groups -OCH3 is 1. The highest BCUT2D eigenvalue weighted by Crippen LogP contribution is 2.27. The third kappa shape index (κ3) is 2.29. The zero-order chi connectivity index (χ0) is 15.0. The first-order valence-corrected chi connectivity index (χ1v) is 6.74. The summed E-state index contributed by atoms with van der Waals surface area (Å²) in [5, 5.41) is 0. The monoisotopic (exact) mass is 280 g/mol. The van der Waals surface area contributed by atoms with Crippen molar-refractivity contribution in [3.63, 3.8) is 0 Å². The fourth-order valence-electron chi connectivity index (χ4n) is 2.58. The van der Waals surface area contributed by atoms with Crippen LogP contribution in [-0.4, -0.2) is 16.5 Å². The molecule has 0 saturated carbocycles. The van der Waals surface area contributed by atoms with Crippen LogP contribution in [0, 0.1) is 13.8 Å². The van der Waals surface area contributed by atoms with Gasteiger partial charge in [-0.15, -0.1) is 0 Å². The molecule has 21 heavy (non-hydrogen) atoms. The Kier molecular flexibility index (Phi) is 3.22. The maximum Gasteiger partial charge on any atom is 0.258 e. The Bertz CT molecular complexity index is 882. The maximum atomic E-state index is 12.4. The van der Waals surface area contributed by atoms with Gasteiger partial charge in [0, 0.05) is 17.3 Å². The van der Waals surface area contributed by atoms with Crippen LogP contribution in [0.5, 0.6) is 5.75 Å². The minimum atomic E-state index is -0.0848. The summed E-state index contributed by atoms with van der Waals surface area (Å²) in [5.74, 6) is 0.707. The van der Waals surface area contributed by atoms with Gasteiger partial charge in [0.1, 0.15) is 11.4 Å². The van der Waals surface area contributed by atoms with Gasteiger partial charge in [-0.2, -0.15) is 0 Å². The van der Waals surface area contributed by atoms with E-state index in [1.807, 2.05) is 50.2 Å². The van der Waals surface area contributed by atoms with Gasteiger partial charge in [0.05, 0.1) is 12.8 Å². The van der Waals surface area contributed by atoms with Crippen LogP contribution < -0.4 is 10.3 Å². The van der Waals surface area contributed by atoms with Crippen molar-refractivity contribution in [2.45, 2.75) is 13.8 Å². The van der Waals surface area contributed by atoms with Crippen LogP contribution in [-0.2, 0) is 0 Å². The minimum Gasteiger partial charge on any atom is -0.496 e. The maximum absolute atomic E-state index is 12.4. The normalized spacial score (nSPS) is 10.8. The number of para-hydroxylation sites is 1. The van der Waals surface area contributed by atoms with E-state index in [0.29, 0.717) is 17.1 Å². The van der Waals surface area contributed by atoms with Crippen LogP contribution in [0.25, 0.3) is 16.9 Å². The average molecular weight is 280 g/mol. The van der Waals surface area contributed by atoms with E-state index in [4.69, 9.17) is 4.74 Å². The standard InChI is InChI=1S/C17H16N2O2/c1-11-8-12(2)19-16(9-11)18-14(10-17(19)20)13-6-4-5-7-15(13)21-3/h4-10H,1-3H3. The lowest BCUT2D eigenvalue weighted by atomic mass is 10.1. The summed E-state index contributed by atoms with van der Waals surface area (Å²) in [5.41, 5.74) is 3.98. The van der Waals surface area contributed by atoms with E-state index in [1.54, 1.807) is 17.6 Å². The minimum absolute atomic E-state index is 0.0848. The summed E-state index contributed by atoms with van der Waals surface area (Å²) < 4.78 is 6.97. The Morgan fingerprint density at radius 1 is 1.10 bits per heavy atom. The van der Waals surface area contributed by atoms with Gasteiger partial charge in [-0.25, -0.2) is 4.98 Å². The summed E-state index contributed by atoms with van der Waals surface area (Å²) in [6, 6.07) is 13.0. The second-order valence-corrected chi connectivity index (χ2v) is 5.05. The Balaban J connectivity index is 2.33. The molecule has 0 saturated heterocycles. The predicted molar refractivity (Wildman–Crippen MR) is 82.9 cm³/mol. The molecular weight excluding hydrogens is 264 g/mol. The molecule has 4 nitrogen and oxygen atoms in total. The van der Waals surface area contributed by atoms with Gasteiger partial charge in [-0.1, -0.05) is 12.1 Å². The molecule has 0 aliphatic carbocycles. The Morgan fingerprint density at radius 3 is 2.62 bits per heavy atom. The highest BCUT2D eigenvalue weighted by atomic mass is 16.5. The molecule has 0 atom stereocenters. The second kappa shape index (κ2) is 5.05. The van der Waals surface area contributed by atoms with Gasteiger partial charge in [0.25, 0.3) is 5.56 Å². The average Bonchev–Trinajstić information content (AvgIpc) is 2.45. The molecule has 0 spiro atoms. The van der Waals surface area contributed by atoms with Crippen LogP contribution in [0.3, 0.4) is 0 Å². The Morgan fingerprint density at radius 2 is 1.86 bits per heavy atom. The molecule has 106 valence electrons. The summed E-state index contributed by atoms with van der Waals surface area (Å²) in [6.45, 7) is 3.90. The van der Waals surface area contributed by atoms with E-state index >= 15 is 0 Å². The van der Waals surface area contributed by atoms with Crippen LogP contribution >= 0.6 is 0 Å². The number of hydrogen-bond donors (Lipinski definition) is 0. The predicted octanol–water partition coefficient (Wildman–Crippen LogP) is 2.99. The van der Waals surface area contributed by atoms with E-state index in [-0.39, 0.29) is 5.56 Å². The zero-order valence-electron chi connectivity index (χ0n) is 12.3. The molecule has 2 aromatic heterocycles. The van der Waals surface area contributed by atoms with Crippen molar-refractivity contribution in [3.05, 3.63) is 64.1 Å². The Labute approximate surface area is 122 Å². The number of aryl methyl sites for hydroxylation is 2. The van der Waals surface area contributed by atoms with Crippen LogP contribution in [0.15, 0.2) is 47.3 Å². The van der Waals surface area contributed by atoms with Gasteiger partial charge >= 0.3 is 0 Å². The van der Waals surface area contributed by atoms with E-state index in [1.165, 1.54) is 0 Å². The molecule has 4 heteroatoms. The first kappa shape index (κ1) is 13.4. The lowest BCUT2D eigenvalue weighted by Crippen LogP contribution is -2.17. The molecule has 1 aromatic carbocycles. The molecule has 0 fully saturated rings. The molecule has 3 aromatic rings. The number of fused-ring (bicyclic) bond motifs is 1. The summed E-state index contributed by atoms with van der Waals surface area (Å²) in [6.07, 6.45) is 0. The number of nitrogens with zero attached hydrogens (tertiary/aromatic N) is 2. The summed E-state index contributed by atoms with van der Waals surface area (Å²) in [4.78, 5) is 17.0. The molecule has 0 bridgehead atoms. The van der Waals surface area contributed by atoms with Crippen molar-refractivity contribution in [2.24, 2.45) is 0 Å². The van der Waals surface area contributed by atoms with Gasteiger partial charge in [0.2, 0.25) is 0 Å². The highest BCUT2D eigenvalue weighted by Gasteiger charge is 2.10. The number of aromatic nitrogens is 2. The molecule has 0 N–H and O–H groups in total. The largest absolute Gasteiger partial charge is 0.496 e. The van der Waals surface area contributed by atoms with Gasteiger partial charge < -0.3 is 4.74 Å². The van der Waals surface area contributed by atoms with Crippen molar-refractivity contribution in [1.82, 2.24) is 9.38 Å². The SMILES string of the molecule is COc1ccccc1-c1cc(=O)n2c(C)cc(C)cc2n1.